The molecule has 5 N–H and O–H groups in total. The summed E-state index contributed by atoms with van der Waals surface area (Å²) >= 11 is 0. The summed E-state index contributed by atoms with van der Waals surface area (Å²) in [7, 11) is 1.70. The molecule has 3 fully saturated rings. The van der Waals surface area contributed by atoms with Crippen LogP contribution < -0.4 is 26.6 Å². The van der Waals surface area contributed by atoms with Crippen molar-refractivity contribution in [2.75, 3.05) is 56.9 Å². The van der Waals surface area contributed by atoms with E-state index in [-0.39, 0.29) is 60.9 Å². The number of urea groups is 2. The molecule has 50 heavy (non-hydrogen) atoms. The van der Waals surface area contributed by atoms with Crippen molar-refractivity contribution >= 4 is 47.6 Å². The molecule has 1 aliphatic carbocycles. The van der Waals surface area contributed by atoms with Crippen LogP contribution in [0.25, 0.3) is 0 Å². The van der Waals surface area contributed by atoms with Gasteiger partial charge in [-0.2, -0.15) is 0 Å². The quantitative estimate of drug-likeness (QED) is 0.155. The third-order valence-electron chi connectivity index (χ3n) is 9.74. The van der Waals surface area contributed by atoms with E-state index in [1.165, 1.54) is 0 Å². The molecule has 4 atom stereocenters. The van der Waals surface area contributed by atoms with Gasteiger partial charge in [0, 0.05) is 75.2 Å². The predicted molar refractivity (Wildman–Crippen MR) is 190 cm³/mol. The van der Waals surface area contributed by atoms with Crippen molar-refractivity contribution in [1.82, 2.24) is 35.6 Å². The lowest BCUT2D eigenvalue weighted by Gasteiger charge is -2.30. The minimum Gasteiger partial charge on any atom is -0.352 e. The van der Waals surface area contributed by atoms with Crippen LogP contribution in [-0.2, 0) is 19.2 Å². The summed E-state index contributed by atoms with van der Waals surface area (Å²) in [6, 6.07) is 4.79. The van der Waals surface area contributed by atoms with Crippen LogP contribution in [0, 0.1) is 0 Å². The van der Waals surface area contributed by atoms with E-state index in [1.54, 1.807) is 52.9 Å². The zero-order valence-electron chi connectivity index (χ0n) is 29.9. The lowest BCUT2D eigenvalue weighted by molar-refractivity contribution is -0.132. The molecule has 2 heterocycles. The average Bonchev–Trinajstić information content (AvgIpc) is 3.56. The molecule has 276 valence electrons. The number of likely N-dealkylation sites (tertiary alicyclic amines) is 2. The van der Waals surface area contributed by atoms with Crippen LogP contribution in [-0.4, -0.2) is 132 Å². The highest BCUT2D eigenvalue weighted by molar-refractivity contribution is 5.92. The van der Waals surface area contributed by atoms with E-state index in [4.69, 9.17) is 0 Å². The Labute approximate surface area is 295 Å². The van der Waals surface area contributed by atoms with E-state index in [1.807, 2.05) is 18.7 Å². The van der Waals surface area contributed by atoms with E-state index < -0.39 is 12.1 Å². The molecule has 15 nitrogen and oxygen atoms in total. The Morgan fingerprint density at radius 2 is 1.52 bits per heavy atom. The van der Waals surface area contributed by atoms with E-state index in [0.29, 0.717) is 50.3 Å². The first-order valence-corrected chi connectivity index (χ1v) is 18.0. The van der Waals surface area contributed by atoms with Gasteiger partial charge in [-0.15, -0.1) is 0 Å². The van der Waals surface area contributed by atoms with Crippen LogP contribution in [0.5, 0.6) is 0 Å². The van der Waals surface area contributed by atoms with Crippen molar-refractivity contribution < 1.29 is 28.8 Å². The lowest BCUT2D eigenvalue weighted by Crippen LogP contribution is -2.50. The Morgan fingerprint density at radius 1 is 0.900 bits per heavy atom. The van der Waals surface area contributed by atoms with E-state index in [2.05, 4.69) is 26.6 Å². The summed E-state index contributed by atoms with van der Waals surface area (Å²) in [6.07, 6.45) is 6.67. The Balaban J connectivity index is 1.34. The Hall–Kier alpha value is -4.40. The zero-order chi connectivity index (χ0) is 36.2. The van der Waals surface area contributed by atoms with Gasteiger partial charge >= 0.3 is 12.1 Å². The first kappa shape index (κ1) is 38.4. The highest BCUT2D eigenvalue weighted by atomic mass is 16.2. The highest BCUT2D eigenvalue weighted by Crippen LogP contribution is 2.27. The van der Waals surface area contributed by atoms with E-state index in [9.17, 15) is 28.8 Å². The van der Waals surface area contributed by atoms with Gasteiger partial charge in [0.25, 0.3) is 0 Å². The fourth-order valence-electron chi connectivity index (χ4n) is 6.40. The molecule has 3 aliphatic rings. The van der Waals surface area contributed by atoms with Crippen LogP contribution in [0.2, 0.25) is 0 Å². The number of rotatable bonds is 17. The smallest absolute Gasteiger partial charge is 0.321 e. The average molecular weight is 698 g/mol. The second-order valence-corrected chi connectivity index (χ2v) is 13.6. The molecule has 2 aliphatic heterocycles. The van der Waals surface area contributed by atoms with Gasteiger partial charge in [0.05, 0.1) is 6.04 Å². The van der Waals surface area contributed by atoms with Gasteiger partial charge in [-0.1, -0.05) is 0 Å². The zero-order valence-corrected chi connectivity index (χ0v) is 29.9. The topological polar surface area (TPSA) is 176 Å². The number of carbonyl (C=O) groups excluding carboxylic acids is 6. The van der Waals surface area contributed by atoms with Crippen molar-refractivity contribution in [1.29, 1.82) is 0 Å². The molecule has 15 heteroatoms. The van der Waals surface area contributed by atoms with Gasteiger partial charge in [0.2, 0.25) is 24.1 Å². The first-order valence-electron chi connectivity index (χ1n) is 18.0. The summed E-state index contributed by atoms with van der Waals surface area (Å²) in [5.41, 5.74) is 1.05. The second-order valence-electron chi connectivity index (χ2n) is 13.6. The number of nitrogens with one attached hydrogen (secondary N) is 5. The van der Waals surface area contributed by atoms with Crippen molar-refractivity contribution in [2.45, 2.75) is 102 Å². The third kappa shape index (κ3) is 11.1. The Morgan fingerprint density at radius 3 is 2.08 bits per heavy atom. The molecule has 0 spiro atoms. The van der Waals surface area contributed by atoms with Crippen LogP contribution in [0.15, 0.2) is 24.3 Å². The van der Waals surface area contributed by atoms with Crippen molar-refractivity contribution in [3.05, 3.63) is 24.3 Å². The van der Waals surface area contributed by atoms with Gasteiger partial charge in [-0.25, -0.2) is 9.59 Å². The van der Waals surface area contributed by atoms with Gasteiger partial charge in [0.15, 0.2) is 0 Å². The summed E-state index contributed by atoms with van der Waals surface area (Å²) < 4.78 is 0. The summed E-state index contributed by atoms with van der Waals surface area (Å²) in [5.74, 6) is -0.247. The molecule has 4 rings (SSSR count). The van der Waals surface area contributed by atoms with Gasteiger partial charge in [-0.3, -0.25) is 19.2 Å². The molecule has 2 saturated heterocycles. The monoisotopic (exact) mass is 697 g/mol. The Kier molecular flexibility index (Phi) is 14.2. The van der Waals surface area contributed by atoms with E-state index in [0.717, 1.165) is 45.2 Å². The molecular formula is C35H55N9O6. The minimum absolute atomic E-state index is 0.0666. The first-order chi connectivity index (χ1) is 24.0. The fourth-order valence-corrected chi connectivity index (χ4v) is 6.40. The number of carbonyl (C=O) groups is 6. The van der Waals surface area contributed by atoms with Gasteiger partial charge in [-0.05, 0) is 97.0 Å². The number of hydrogen-bond acceptors (Lipinski definition) is 7. The number of nitrogens with zero attached hydrogens (tertiary/aromatic N) is 4. The number of likely N-dealkylation sites (N-methyl/N-ethyl adjacent to an activating group) is 1. The van der Waals surface area contributed by atoms with Gasteiger partial charge < -0.3 is 46.2 Å². The fraction of sp³-hybridized carbons (Fsp3) is 0.657. The molecule has 1 aromatic rings. The summed E-state index contributed by atoms with van der Waals surface area (Å²) in [6.45, 7) is 8.29. The van der Waals surface area contributed by atoms with Crippen LogP contribution in [0.3, 0.4) is 0 Å². The van der Waals surface area contributed by atoms with Crippen molar-refractivity contribution in [2.24, 2.45) is 0 Å². The molecule has 0 radical (unpaired) electrons. The second kappa shape index (κ2) is 18.6. The summed E-state index contributed by atoms with van der Waals surface area (Å²) in [5, 5.41) is 14.6. The van der Waals surface area contributed by atoms with Crippen LogP contribution in [0.1, 0.15) is 72.1 Å². The molecule has 0 aromatic heterocycles. The van der Waals surface area contributed by atoms with Crippen LogP contribution in [0.4, 0.5) is 21.0 Å². The number of anilines is 2. The maximum Gasteiger partial charge on any atom is 0.321 e. The maximum atomic E-state index is 13.6. The number of hydrogen-bond donors (Lipinski definition) is 5. The normalized spacial score (nSPS) is 19.7. The van der Waals surface area contributed by atoms with Crippen LogP contribution >= 0.6 is 0 Å². The SMILES string of the molecule is CCN(CCC(=O)N1CCCC1)C(=O)Nc1ccc(NC(=O)N(CC[C@H]2CCC(C(=O)NC3CC3)N2C=O)CC(C)NC(=O)C(C)NC)cc1. The molecule has 3 unspecified atom stereocenters. The van der Waals surface area contributed by atoms with E-state index >= 15 is 0 Å². The minimum atomic E-state index is -0.512. The Bertz CT molecular complexity index is 1330. The van der Waals surface area contributed by atoms with Crippen molar-refractivity contribution in [3.8, 4) is 0 Å². The summed E-state index contributed by atoms with van der Waals surface area (Å²) in [4.78, 5) is 83.0. The maximum absolute atomic E-state index is 13.6. The molecule has 8 amide bonds. The predicted octanol–water partition coefficient (Wildman–Crippen LogP) is 2.16. The molecular weight excluding hydrogens is 642 g/mol. The number of benzene rings is 1. The largest absolute Gasteiger partial charge is 0.352 e. The molecule has 1 aromatic carbocycles. The van der Waals surface area contributed by atoms with Crippen molar-refractivity contribution in [3.63, 3.8) is 0 Å². The van der Waals surface area contributed by atoms with Gasteiger partial charge in [0.1, 0.15) is 6.04 Å². The number of amides is 8. The lowest BCUT2D eigenvalue weighted by atomic mass is 10.1. The highest BCUT2D eigenvalue weighted by Gasteiger charge is 2.39. The molecule has 0 bridgehead atoms. The standard InChI is InChI=1S/C35H55N9O6/c1-5-41(21-17-31(46)42-18-6-7-19-42)34(49)39-27-10-12-28(13-11-27)40-35(50)43(22-24(2)37-32(47)25(3)36-4)20-16-29-14-15-30(44(29)23-45)33(48)38-26-8-9-26/h10-13,23-26,29-30,36H,5-9,14-22H2,1-4H3,(H,37,47)(H,38,48)(H,39,49)(H,40,50)/t24?,25?,29-,30?/m1/s1. The molecule has 1 saturated carbocycles. The third-order valence-corrected chi connectivity index (χ3v) is 9.74.